The third-order valence-corrected chi connectivity index (χ3v) is 3.18. The standard InChI is InChI=1S/C15H15F2N3O/c1-9-3-5-11(6-4-9)20(2)14-12(16)7-10(8-13(14)17)15(18)19-21/h3-8,21H,1-2H3,(H2,18,19). The Labute approximate surface area is 121 Å². The van der Waals surface area contributed by atoms with Gasteiger partial charge in [0.1, 0.15) is 5.69 Å². The Morgan fingerprint density at radius 2 is 1.67 bits per heavy atom. The van der Waals surface area contributed by atoms with E-state index in [2.05, 4.69) is 5.16 Å². The zero-order chi connectivity index (χ0) is 15.6. The lowest BCUT2D eigenvalue weighted by atomic mass is 10.1. The molecule has 0 bridgehead atoms. The minimum atomic E-state index is -0.792. The number of nitrogens with zero attached hydrogens (tertiary/aromatic N) is 2. The summed E-state index contributed by atoms with van der Waals surface area (Å²) < 4.78 is 28.3. The molecule has 0 amide bonds. The number of nitrogens with two attached hydrogens (primary N) is 1. The molecule has 110 valence electrons. The lowest BCUT2D eigenvalue weighted by Gasteiger charge is -2.21. The highest BCUT2D eigenvalue weighted by molar-refractivity contribution is 5.97. The number of benzene rings is 2. The number of amidine groups is 1. The second kappa shape index (κ2) is 5.78. The molecule has 0 atom stereocenters. The van der Waals surface area contributed by atoms with Gasteiger partial charge in [-0.1, -0.05) is 22.9 Å². The fraction of sp³-hybridized carbons (Fsp3) is 0.133. The van der Waals surface area contributed by atoms with Gasteiger partial charge >= 0.3 is 0 Å². The minimum absolute atomic E-state index is 0.0199. The quantitative estimate of drug-likeness (QED) is 0.395. The molecule has 0 fully saturated rings. The molecule has 2 aromatic rings. The summed E-state index contributed by atoms with van der Waals surface area (Å²) in [4.78, 5) is 1.40. The van der Waals surface area contributed by atoms with Crippen LogP contribution >= 0.6 is 0 Å². The van der Waals surface area contributed by atoms with Gasteiger partial charge in [0.05, 0.1) is 0 Å². The molecular weight excluding hydrogens is 276 g/mol. The van der Waals surface area contributed by atoms with Crippen LogP contribution in [0.3, 0.4) is 0 Å². The van der Waals surface area contributed by atoms with Crippen molar-refractivity contribution in [1.82, 2.24) is 0 Å². The molecule has 3 N–H and O–H groups in total. The summed E-state index contributed by atoms with van der Waals surface area (Å²) in [6.07, 6.45) is 0. The fourth-order valence-electron chi connectivity index (χ4n) is 1.99. The Morgan fingerprint density at radius 1 is 1.14 bits per heavy atom. The third kappa shape index (κ3) is 2.94. The summed E-state index contributed by atoms with van der Waals surface area (Å²) in [5.74, 6) is -1.93. The molecule has 0 aliphatic carbocycles. The number of hydrogen-bond donors (Lipinski definition) is 2. The molecule has 2 rings (SSSR count). The molecule has 0 aromatic heterocycles. The van der Waals surface area contributed by atoms with Crippen LogP contribution in [0.4, 0.5) is 20.2 Å². The van der Waals surface area contributed by atoms with Crippen LogP contribution in [0, 0.1) is 18.6 Å². The first-order valence-corrected chi connectivity index (χ1v) is 6.21. The average Bonchev–Trinajstić information content (AvgIpc) is 2.46. The molecule has 21 heavy (non-hydrogen) atoms. The second-order valence-corrected chi connectivity index (χ2v) is 4.67. The molecular formula is C15H15F2N3O. The molecule has 0 aliphatic rings. The van der Waals surface area contributed by atoms with E-state index in [9.17, 15) is 8.78 Å². The zero-order valence-electron chi connectivity index (χ0n) is 11.6. The summed E-state index contributed by atoms with van der Waals surface area (Å²) >= 11 is 0. The van der Waals surface area contributed by atoms with Crippen molar-refractivity contribution in [3.63, 3.8) is 0 Å². The van der Waals surface area contributed by atoms with Gasteiger partial charge in [-0.25, -0.2) is 8.78 Å². The van der Waals surface area contributed by atoms with Crippen LogP contribution in [-0.2, 0) is 0 Å². The summed E-state index contributed by atoms with van der Waals surface area (Å²) in [5, 5.41) is 11.3. The monoisotopic (exact) mass is 291 g/mol. The predicted octanol–water partition coefficient (Wildman–Crippen LogP) is 3.14. The Balaban J connectivity index is 2.46. The van der Waals surface area contributed by atoms with Gasteiger partial charge < -0.3 is 15.8 Å². The van der Waals surface area contributed by atoms with Crippen molar-refractivity contribution in [2.75, 3.05) is 11.9 Å². The third-order valence-electron chi connectivity index (χ3n) is 3.18. The van der Waals surface area contributed by atoms with Gasteiger partial charge in [0.25, 0.3) is 0 Å². The largest absolute Gasteiger partial charge is 0.409 e. The Bertz CT molecular complexity index is 661. The molecule has 0 heterocycles. The van der Waals surface area contributed by atoms with E-state index in [0.717, 1.165) is 17.7 Å². The molecule has 2 aromatic carbocycles. The normalized spacial score (nSPS) is 11.5. The molecule has 0 radical (unpaired) electrons. The van der Waals surface area contributed by atoms with Gasteiger partial charge in [-0.05, 0) is 31.2 Å². The van der Waals surface area contributed by atoms with Crippen molar-refractivity contribution in [3.8, 4) is 0 Å². The highest BCUT2D eigenvalue weighted by atomic mass is 19.1. The van der Waals surface area contributed by atoms with Crippen LogP contribution in [0.25, 0.3) is 0 Å². The van der Waals surface area contributed by atoms with Crippen LogP contribution in [0.2, 0.25) is 0 Å². The first-order valence-electron chi connectivity index (χ1n) is 6.21. The van der Waals surface area contributed by atoms with Crippen LogP contribution in [-0.4, -0.2) is 18.1 Å². The Kier molecular flexibility index (Phi) is 4.07. The van der Waals surface area contributed by atoms with Crippen molar-refractivity contribution in [2.45, 2.75) is 6.92 Å². The van der Waals surface area contributed by atoms with Gasteiger partial charge in [-0.3, -0.25) is 0 Å². The molecule has 0 unspecified atom stereocenters. The number of hydrogen-bond acceptors (Lipinski definition) is 3. The number of oxime groups is 1. The number of rotatable bonds is 3. The Hall–Kier alpha value is -2.63. The highest BCUT2D eigenvalue weighted by Gasteiger charge is 2.17. The van der Waals surface area contributed by atoms with Crippen LogP contribution < -0.4 is 10.6 Å². The predicted molar refractivity (Wildman–Crippen MR) is 78.1 cm³/mol. The maximum Gasteiger partial charge on any atom is 0.170 e. The summed E-state index contributed by atoms with van der Waals surface area (Å²) in [6.45, 7) is 1.93. The van der Waals surface area contributed by atoms with Crippen LogP contribution in [0.15, 0.2) is 41.6 Å². The summed E-state index contributed by atoms with van der Waals surface area (Å²) in [6, 6.07) is 9.30. The van der Waals surface area contributed by atoms with E-state index < -0.39 is 11.6 Å². The first-order chi connectivity index (χ1) is 9.93. The summed E-state index contributed by atoms with van der Waals surface area (Å²) in [5.41, 5.74) is 6.82. The maximum atomic E-state index is 14.1. The van der Waals surface area contributed by atoms with E-state index in [1.807, 2.05) is 19.1 Å². The van der Waals surface area contributed by atoms with Crippen molar-refractivity contribution >= 4 is 17.2 Å². The van der Waals surface area contributed by atoms with Gasteiger partial charge in [-0.15, -0.1) is 0 Å². The smallest absolute Gasteiger partial charge is 0.170 e. The van der Waals surface area contributed by atoms with Crippen molar-refractivity contribution in [2.24, 2.45) is 10.9 Å². The van der Waals surface area contributed by atoms with E-state index in [4.69, 9.17) is 10.9 Å². The molecule has 0 saturated carbocycles. The Morgan fingerprint density at radius 3 is 2.14 bits per heavy atom. The maximum absolute atomic E-state index is 14.1. The molecule has 0 aliphatic heterocycles. The lowest BCUT2D eigenvalue weighted by Crippen LogP contribution is -2.17. The van der Waals surface area contributed by atoms with Gasteiger partial charge in [0.15, 0.2) is 17.5 Å². The SMILES string of the molecule is Cc1ccc(N(C)c2c(F)cc(/C(N)=N/O)cc2F)cc1. The number of halogens is 2. The van der Waals surface area contributed by atoms with Gasteiger partial charge in [-0.2, -0.15) is 0 Å². The summed E-state index contributed by atoms with van der Waals surface area (Å²) in [7, 11) is 1.56. The van der Waals surface area contributed by atoms with Crippen molar-refractivity contribution in [1.29, 1.82) is 0 Å². The highest BCUT2D eigenvalue weighted by Crippen LogP contribution is 2.30. The van der Waals surface area contributed by atoms with Crippen molar-refractivity contribution in [3.05, 3.63) is 59.2 Å². The second-order valence-electron chi connectivity index (χ2n) is 4.67. The molecule has 6 heteroatoms. The van der Waals surface area contributed by atoms with Gasteiger partial charge in [0, 0.05) is 18.3 Å². The first kappa shape index (κ1) is 14.8. The van der Waals surface area contributed by atoms with E-state index in [1.165, 1.54) is 4.90 Å². The molecule has 4 nitrogen and oxygen atoms in total. The minimum Gasteiger partial charge on any atom is -0.409 e. The zero-order valence-corrected chi connectivity index (χ0v) is 11.6. The van der Waals surface area contributed by atoms with Crippen LogP contribution in [0.1, 0.15) is 11.1 Å². The topological polar surface area (TPSA) is 61.8 Å². The molecule has 0 spiro atoms. The lowest BCUT2D eigenvalue weighted by molar-refractivity contribution is 0.318. The fourth-order valence-corrected chi connectivity index (χ4v) is 1.99. The van der Waals surface area contributed by atoms with E-state index in [1.54, 1.807) is 19.2 Å². The average molecular weight is 291 g/mol. The van der Waals surface area contributed by atoms with E-state index in [0.29, 0.717) is 5.69 Å². The van der Waals surface area contributed by atoms with E-state index in [-0.39, 0.29) is 17.1 Å². The number of aryl methyl sites for hydroxylation is 1. The van der Waals surface area contributed by atoms with E-state index >= 15 is 0 Å². The van der Waals surface area contributed by atoms with Crippen molar-refractivity contribution < 1.29 is 14.0 Å². The number of anilines is 2. The molecule has 0 saturated heterocycles. The van der Waals surface area contributed by atoms with Gasteiger partial charge in [0.2, 0.25) is 0 Å². The van der Waals surface area contributed by atoms with Crippen LogP contribution in [0.5, 0.6) is 0 Å².